The van der Waals surface area contributed by atoms with E-state index in [2.05, 4.69) is 26.5 Å². The van der Waals surface area contributed by atoms with Gasteiger partial charge in [-0.15, -0.1) is 11.6 Å². The second-order valence-corrected chi connectivity index (χ2v) is 11.2. The average Bonchev–Trinajstić information content (AvgIpc) is 3.27. The van der Waals surface area contributed by atoms with Crippen LogP contribution in [0.5, 0.6) is 0 Å². The van der Waals surface area contributed by atoms with Crippen molar-refractivity contribution in [3.8, 4) is 0 Å². The maximum atomic E-state index is 13.6. The molecular weight excluding hydrogens is 467 g/mol. The third-order valence-electron chi connectivity index (χ3n) is 8.11. The maximum Gasteiger partial charge on any atom is 0.229 e. The first-order chi connectivity index (χ1) is 16.4. The zero-order valence-electron chi connectivity index (χ0n) is 19.8. The Bertz CT molecular complexity index is 700. The van der Waals surface area contributed by atoms with Crippen molar-refractivity contribution in [2.45, 2.75) is 113 Å². The normalized spacial score (nSPS) is 41.8. The number of hydrazine groups is 1. The molecule has 5 unspecified atom stereocenters. The summed E-state index contributed by atoms with van der Waals surface area (Å²) in [5, 5.41) is 5.98. The van der Waals surface area contributed by atoms with Gasteiger partial charge in [-0.25, -0.2) is 18.6 Å². The second kappa shape index (κ2) is 12.3. The molecule has 0 aromatic rings. The van der Waals surface area contributed by atoms with Gasteiger partial charge in [0, 0.05) is 23.9 Å². The summed E-state index contributed by atoms with van der Waals surface area (Å²) >= 11 is 6.39. The molecule has 1 amide bonds. The molecule has 6 nitrogen and oxygen atoms in total. The van der Waals surface area contributed by atoms with Gasteiger partial charge in [-0.3, -0.25) is 20.5 Å². The van der Waals surface area contributed by atoms with Crippen LogP contribution >= 0.6 is 11.6 Å². The van der Waals surface area contributed by atoms with Crippen LogP contribution in [0.2, 0.25) is 0 Å². The van der Waals surface area contributed by atoms with E-state index >= 15 is 0 Å². The molecule has 4 aliphatic rings. The average molecular weight is 506 g/mol. The van der Waals surface area contributed by atoms with Crippen LogP contribution in [-0.4, -0.2) is 54.5 Å². The van der Waals surface area contributed by atoms with E-state index in [0.29, 0.717) is 76.2 Å². The van der Waals surface area contributed by atoms with Crippen molar-refractivity contribution < 1.29 is 18.0 Å². The van der Waals surface area contributed by atoms with Crippen molar-refractivity contribution >= 4 is 23.5 Å². The van der Waals surface area contributed by atoms with E-state index in [1.807, 2.05) is 0 Å². The molecule has 34 heavy (non-hydrogen) atoms. The van der Waals surface area contributed by atoms with E-state index in [1.165, 1.54) is 0 Å². The number of alkyl halides is 4. The van der Waals surface area contributed by atoms with Crippen LogP contribution in [-0.2, 0) is 4.79 Å². The Morgan fingerprint density at radius 2 is 1.50 bits per heavy atom. The Kier molecular flexibility index (Phi) is 9.38. The van der Waals surface area contributed by atoms with E-state index in [1.54, 1.807) is 0 Å². The van der Waals surface area contributed by atoms with Crippen molar-refractivity contribution in [3.05, 3.63) is 0 Å². The molecular formula is C24H39ClF3N5O. The van der Waals surface area contributed by atoms with Crippen molar-refractivity contribution in [3.63, 3.8) is 0 Å². The first kappa shape index (κ1) is 26.0. The summed E-state index contributed by atoms with van der Waals surface area (Å²) in [5.41, 5.74) is 6.57. The number of carbonyl (C=O) groups excluding carboxylic acids is 1. The van der Waals surface area contributed by atoms with E-state index in [9.17, 15) is 18.0 Å². The lowest BCUT2D eigenvalue weighted by Gasteiger charge is -2.29. The molecule has 0 bridgehead atoms. The van der Waals surface area contributed by atoms with Crippen LogP contribution in [0.15, 0.2) is 4.99 Å². The molecule has 3 aliphatic carbocycles. The fourth-order valence-electron chi connectivity index (χ4n) is 5.83. The number of nitrogens with zero attached hydrogens (tertiary/aromatic N) is 1. The first-order valence-electron chi connectivity index (χ1n) is 13.1. The number of nitrogens with one attached hydrogen (secondary N) is 4. The minimum atomic E-state index is -0.858. The van der Waals surface area contributed by atoms with Gasteiger partial charge in [0.05, 0.1) is 6.17 Å². The smallest absolute Gasteiger partial charge is 0.229 e. The third-order valence-corrected chi connectivity index (χ3v) is 8.64. The molecule has 0 aromatic carbocycles. The van der Waals surface area contributed by atoms with Crippen LogP contribution in [0.4, 0.5) is 13.2 Å². The Balaban J connectivity index is 1.35. The monoisotopic (exact) mass is 505 g/mol. The Morgan fingerprint density at radius 1 is 0.853 bits per heavy atom. The van der Waals surface area contributed by atoms with Crippen LogP contribution in [0.3, 0.4) is 0 Å². The highest BCUT2D eigenvalue weighted by molar-refractivity contribution is 6.20. The Hall–Kier alpha value is -1.06. The van der Waals surface area contributed by atoms with Crippen molar-refractivity contribution in [1.82, 2.24) is 21.5 Å². The molecule has 194 valence electrons. The molecule has 4 fully saturated rings. The van der Waals surface area contributed by atoms with Gasteiger partial charge in [-0.2, -0.15) is 0 Å². The number of carbonyl (C=O) groups is 1. The zero-order valence-corrected chi connectivity index (χ0v) is 20.5. The predicted octanol–water partition coefficient (Wildman–Crippen LogP) is 4.04. The van der Waals surface area contributed by atoms with Crippen LogP contribution in [0.1, 0.15) is 77.0 Å². The largest absolute Gasteiger partial charge is 0.339 e. The topological polar surface area (TPSA) is 77.5 Å². The fourth-order valence-corrected chi connectivity index (χ4v) is 6.23. The molecule has 10 heteroatoms. The van der Waals surface area contributed by atoms with Crippen molar-refractivity contribution in [2.24, 2.45) is 22.7 Å². The lowest BCUT2D eigenvalue weighted by molar-refractivity contribution is -0.124. The predicted molar refractivity (Wildman–Crippen MR) is 128 cm³/mol. The van der Waals surface area contributed by atoms with Gasteiger partial charge in [0.15, 0.2) is 5.96 Å². The molecule has 0 aromatic heterocycles. The maximum absolute atomic E-state index is 13.6. The van der Waals surface area contributed by atoms with Gasteiger partial charge in [-0.05, 0) is 88.9 Å². The lowest BCUT2D eigenvalue weighted by atomic mass is 9.82. The number of amides is 1. The first-order valence-corrected chi connectivity index (χ1v) is 13.5. The highest BCUT2D eigenvalue weighted by atomic mass is 35.5. The van der Waals surface area contributed by atoms with Crippen LogP contribution in [0, 0.1) is 17.8 Å². The molecule has 5 atom stereocenters. The number of aliphatic imine (C=N–C) groups is 1. The highest BCUT2D eigenvalue weighted by Gasteiger charge is 2.34. The van der Waals surface area contributed by atoms with Gasteiger partial charge in [0.1, 0.15) is 18.5 Å². The molecule has 4 N–H and O–H groups in total. The minimum Gasteiger partial charge on any atom is -0.339 e. The number of hydrogen-bond acceptors (Lipinski definition) is 4. The number of hydrogen-bond donors (Lipinski definition) is 4. The van der Waals surface area contributed by atoms with Gasteiger partial charge in [-0.1, -0.05) is 0 Å². The van der Waals surface area contributed by atoms with Gasteiger partial charge >= 0.3 is 0 Å². The molecule has 0 radical (unpaired) electrons. The summed E-state index contributed by atoms with van der Waals surface area (Å²) in [6, 6.07) is 0.230. The summed E-state index contributed by atoms with van der Waals surface area (Å²) in [5.74, 6) is 0.496. The fraction of sp³-hybridized carbons (Fsp3) is 0.917. The van der Waals surface area contributed by atoms with Crippen molar-refractivity contribution in [1.29, 1.82) is 0 Å². The minimum absolute atomic E-state index is 0.0580. The highest BCUT2D eigenvalue weighted by Crippen LogP contribution is 2.32. The van der Waals surface area contributed by atoms with Gasteiger partial charge < -0.3 is 5.32 Å². The summed E-state index contributed by atoms with van der Waals surface area (Å²) in [6.45, 7) is 0.408. The number of guanidine groups is 1. The zero-order chi connectivity index (χ0) is 24.1. The molecule has 1 saturated heterocycles. The SMILES string of the molecule is O=C(NC(=NCC1CCC(F)CC1Cl)NC1CC(C2CCC(F)CC2)NN1)C1CCC(F)CC1. The molecule has 1 heterocycles. The number of rotatable bonds is 5. The molecule has 1 aliphatic heterocycles. The van der Waals surface area contributed by atoms with E-state index in [-0.39, 0.29) is 35.3 Å². The molecule has 3 saturated carbocycles. The van der Waals surface area contributed by atoms with Crippen LogP contribution in [0.25, 0.3) is 0 Å². The van der Waals surface area contributed by atoms with Crippen LogP contribution < -0.4 is 21.5 Å². The van der Waals surface area contributed by atoms with Crippen molar-refractivity contribution in [2.75, 3.05) is 6.54 Å². The Morgan fingerprint density at radius 3 is 2.18 bits per heavy atom. The van der Waals surface area contributed by atoms with E-state index in [0.717, 1.165) is 19.3 Å². The third kappa shape index (κ3) is 7.23. The van der Waals surface area contributed by atoms with E-state index < -0.39 is 18.5 Å². The molecule has 0 spiro atoms. The number of halogens is 4. The second-order valence-electron chi connectivity index (χ2n) is 10.7. The van der Waals surface area contributed by atoms with Gasteiger partial charge in [0.25, 0.3) is 0 Å². The summed E-state index contributed by atoms with van der Waals surface area (Å²) in [7, 11) is 0. The summed E-state index contributed by atoms with van der Waals surface area (Å²) < 4.78 is 40.7. The lowest BCUT2D eigenvalue weighted by Crippen LogP contribution is -2.52. The summed E-state index contributed by atoms with van der Waals surface area (Å²) in [4.78, 5) is 17.5. The van der Waals surface area contributed by atoms with Gasteiger partial charge in [0.2, 0.25) is 5.91 Å². The standard InChI is InChI=1S/C24H39ClF3N5O/c25-20-11-19(28)10-5-16(20)13-29-24(31-23(34)15-3-8-18(27)9-4-15)30-22-12-21(32-33-22)14-1-6-17(26)7-2-14/h14-22,32-33H,1-13H2,(H2,29,30,31,34). The quantitative estimate of drug-likeness (QED) is 0.258. The molecule has 4 rings (SSSR count). The van der Waals surface area contributed by atoms with E-state index in [4.69, 9.17) is 11.6 Å². The Labute approximate surface area is 205 Å². The summed E-state index contributed by atoms with van der Waals surface area (Å²) in [6.07, 6.45) is 4.65.